The van der Waals surface area contributed by atoms with Crippen molar-refractivity contribution in [2.75, 3.05) is 13.2 Å². The SMILES string of the molecule is [CH2-]CCOc1ccc(-c2cc3ccc(OCCCC)cc3o2)cc1.[W]. The van der Waals surface area contributed by atoms with Crippen molar-refractivity contribution in [3.8, 4) is 22.8 Å². The molecule has 132 valence electrons. The zero-order valence-electron chi connectivity index (χ0n) is 14.5. The van der Waals surface area contributed by atoms with Crippen LogP contribution in [-0.2, 0) is 21.1 Å². The summed E-state index contributed by atoms with van der Waals surface area (Å²) in [4.78, 5) is 0. The van der Waals surface area contributed by atoms with Gasteiger partial charge in [0.25, 0.3) is 0 Å². The van der Waals surface area contributed by atoms with Crippen molar-refractivity contribution in [2.45, 2.75) is 26.2 Å². The van der Waals surface area contributed by atoms with Gasteiger partial charge in [-0.3, -0.25) is 0 Å². The van der Waals surface area contributed by atoms with Crippen LogP contribution in [0.2, 0.25) is 0 Å². The van der Waals surface area contributed by atoms with Crippen molar-refractivity contribution in [2.24, 2.45) is 0 Å². The molecule has 0 saturated carbocycles. The normalized spacial score (nSPS) is 10.5. The van der Waals surface area contributed by atoms with E-state index >= 15 is 0 Å². The predicted molar refractivity (Wildman–Crippen MR) is 97.5 cm³/mol. The van der Waals surface area contributed by atoms with E-state index in [1.165, 1.54) is 0 Å². The Bertz CT molecular complexity index is 777. The fourth-order valence-corrected chi connectivity index (χ4v) is 2.48. The third-order valence-corrected chi connectivity index (χ3v) is 3.81. The van der Waals surface area contributed by atoms with Gasteiger partial charge in [-0.2, -0.15) is 0 Å². The van der Waals surface area contributed by atoms with E-state index < -0.39 is 0 Å². The number of furan rings is 1. The number of ether oxygens (including phenoxy) is 2. The van der Waals surface area contributed by atoms with E-state index in [1.807, 2.05) is 42.5 Å². The van der Waals surface area contributed by atoms with Crippen LogP contribution >= 0.6 is 0 Å². The Balaban J connectivity index is 0.00000225. The molecule has 0 amide bonds. The van der Waals surface area contributed by atoms with Crippen LogP contribution in [0.25, 0.3) is 22.3 Å². The zero-order valence-corrected chi connectivity index (χ0v) is 17.4. The fourth-order valence-electron chi connectivity index (χ4n) is 2.48. The minimum absolute atomic E-state index is 0. The van der Waals surface area contributed by atoms with Gasteiger partial charge in [-0.15, -0.1) is 6.42 Å². The van der Waals surface area contributed by atoms with Crippen molar-refractivity contribution in [3.63, 3.8) is 0 Å². The average Bonchev–Trinajstić information content (AvgIpc) is 3.04. The molecule has 2 aromatic carbocycles. The van der Waals surface area contributed by atoms with Crippen LogP contribution in [0.4, 0.5) is 0 Å². The van der Waals surface area contributed by atoms with Crippen LogP contribution in [0.3, 0.4) is 0 Å². The molecule has 0 aliphatic heterocycles. The van der Waals surface area contributed by atoms with Gasteiger partial charge in [0.05, 0.1) is 13.2 Å². The van der Waals surface area contributed by atoms with Crippen LogP contribution in [0.5, 0.6) is 11.5 Å². The molecule has 0 radical (unpaired) electrons. The number of hydrogen-bond acceptors (Lipinski definition) is 3. The summed E-state index contributed by atoms with van der Waals surface area (Å²) in [7, 11) is 0. The second-order valence-corrected chi connectivity index (χ2v) is 5.74. The monoisotopic (exact) mass is 507 g/mol. The molecule has 25 heavy (non-hydrogen) atoms. The number of unbranched alkanes of at least 4 members (excludes halogenated alkanes) is 1. The first kappa shape index (κ1) is 19.6. The van der Waals surface area contributed by atoms with Crippen LogP contribution < -0.4 is 9.47 Å². The van der Waals surface area contributed by atoms with E-state index in [9.17, 15) is 0 Å². The van der Waals surface area contributed by atoms with Gasteiger partial charge in [-0.05, 0) is 48.9 Å². The van der Waals surface area contributed by atoms with E-state index in [0.29, 0.717) is 6.61 Å². The summed E-state index contributed by atoms with van der Waals surface area (Å²) in [6.07, 6.45) is 2.94. The van der Waals surface area contributed by atoms with Gasteiger partial charge < -0.3 is 20.8 Å². The van der Waals surface area contributed by atoms with E-state index in [2.05, 4.69) is 19.9 Å². The summed E-state index contributed by atoms with van der Waals surface area (Å²) in [5.74, 6) is 2.55. The Morgan fingerprint density at radius 1 is 0.920 bits per heavy atom. The summed E-state index contributed by atoms with van der Waals surface area (Å²) >= 11 is 0. The van der Waals surface area contributed by atoms with Gasteiger partial charge >= 0.3 is 0 Å². The Kier molecular flexibility index (Phi) is 7.58. The molecule has 3 aromatic rings. The second kappa shape index (κ2) is 9.67. The van der Waals surface area contributed by atoms with Gasteiger partial charge in [0, 0.05) is 38.1 Å². The zero-order chi connectivity index (χ0) is 16.8. The number of benzene rings is 2. The Morgan fingerprint density at radius 3 is 2.36 bits per heavy atom. The maximum atomic E-state index is 5.99. The maximum Gasteiger partial charge on any atom is 0.138 e. The van der Waals surface area contributed by atoms with Crippen molar-refractivity contribution in [1.29, 1.82) is 0 Å². The summed E-state index contributed by atoms with van der Waals surface area (Å²) in [5, 5.41) is 1.07. The molecule has 0 bridgehead atoms. The van der Waals surface area contributed by atoms with Crippen molar-refractivity contribution in [3.05, 3.63) is 55.5 Å². The van der Waals surface area contributed by atoms with E-state index in [-0.39, 0.29) is 21.1 Å². The van der Waals surface area contributed by atoms with Crippen molar-refractivity contribution >= 4 is 11.0 Å². The van der Waals surface area contributed by atoms with E-state index in [1.54, 1.807) is 0 Å². The third-order valence-electron chi connectivity index (χ3n) is 3.81. The molecule has 0 N–H and O–H groups in total. The fraction of sp³-hybridized carbons (Fsp3) is 0.286. The van der Waals surface area contributed by atoms with Gasteiger partial charge in [-0.25, -0.2) is 0 Å². The van der Waals surface area contributed by atoms with Crippen LogP contribution in [0.1, 0.15) is 26.2 Å². The van der Waals surface area contributed by atoms with Gasteiger partial charge in [0.15, 0.2) is 0 Å². The Morgan fingerprint density at radius 2 is 1.64 bits per heavy atom. The topological polar surface area (TPSA) is 31.6 Å². The van der Waals surface area contributed by atoms with Crippen LogP contribution in [0, 0.1) is 6.92 Å². The summed E-state index contributed by atoms with van der Waals surface area (Å²) in [6, 6.07) is 16.0. The molecule has 0 aliphatic rings. The summed E-state index contributed by atoms with van der Waals surface area (Å²) in [5.41, 5.74) is 1.87. The summed E-state index contributed by atoms with van der Waals surface area (Å²) < 4.78 is 17.3. The predicted octanol–water partition coefficient (Wildman–Crippen LogP) is 5.88. The molecule has 4 heteroatoms. The molecule has 0 unspecified atom stereocenters. The number of fused-ring (bicyclic) bond motifs is 1. The molecule has 0 atom stereocenters. The van der Waals surface area contributed by atoms with Gasteiger partial charge in [-0.1, -0.05) is 13.3 Å². The molecular weight excluding hydrogens is 484 g/mol. The first-order valence-electron chi connectivity index (χ1n) is 8.49. The van der Waals surface area contributed by atoms with Crippen molar-refractivity contribution in [1.82, 2.24) is 0 Å². The smallest absolute Gasteiger partial charge is 0.138 e. The molecular formula is C21H23O3W-. The molecule has 1 heterocycles. The van der Waals surface area contributed by atoms with Gasteiger partial charge in [0.2, 0.25) is 0 Å². The molecule has 1 aromatic heterocycles. The van der Waals surface area contributed by atoms with E-state index in [0.717, 1.165) is 59.7 Å². The maximum absolute atomic E-state index is 5.99. The third kappa shape index (κ3) is 5.12. The molecule has 0 saturated heterocycles. The minimum atomic E-state index is 0. The van der Waals surface area contributed by atoms with Crippen molar-refractivity contribution < 1.29 is 35.0 Å². The molecule has 0 spiro atoms. The number of hydrogen-bond donors (Lipinski definition) is 0. The molecule has 3 rings (SSSR count). The average molecular weight is 507 g/mol. The summed E-state index contributed by atoms with van der Waals surface area (Å²) in [6.45, 7) is 7.29. The standard InChI is InChI=1S/C21H23O3.W/c1-3-5-13-23-19-11-8-17-14-20(24-21(17)15-19)16-6-9-18(10-7-16)22-12-4-2;/h6-11,14-15H,2-5,12-13H2,1H3;/q-1;. The Labute approximate surface area is 163 Å². The molecule has 0 fully saturated rings. The minimum Gasteiger partial charge on any atom is -0.496 e. The second-order valence-electron chi connectivity index (χ2n) is 5.74. The first-order chi connectivity index (χ1) is 11.8. The van der Waals surface area contributed by atoms with E-state index in [4.69, 9.17) is 13.9 Å². The first-order valence-corrected chi connectivity index (χ1v) is 8.49. The van der Waals surface area contributed by atoms with Gasteiger partial charge in [0.1, 0.15) is 22.8 Å². The molecule has 0 aliphatic carbocycles. The largest absolute Gasteiger partial charge is 0.496 e. The quantitative estimate of drug-likeness (QED) is 0.282. The van der Waals surface area contributed by atoms with Crippen LogP contribution in [0.15, 0.2) is 52.9 Å². The number of rotatable bonds is 8. The molecule has 3 nitrogen and oxygen atoms in total. The van der Waals surface area contributed by atoms with Crippen LogP contribution in [-0.4, -0.2) is 13.2 Å². The Hall–Kier alpha value is -1.73.